The Labute approximate surface area is 95.6 Å². The molecule has 0 amide bonds. The minimum Gasteiger partial charge on any atom is -0.494 e. The predicted molar refractivity (Wildman–Crippen MR) is 62.1 cm³/mol. The first-order valence-corrected chi connectivity index (χ1v) is 5.54. The molecule has 0 atom stereocenters. The molecule has 2 N–H and O–H groups in total. The number of ether oxygens (including phenoxy) is 1. The van der Waals surface area contributed by atoms with Gasteiger partial charge < -0.3 is 10.5 Å². The minimum absolute atomic E-state index is 0.00597. The van der Waals surface area contributed by atoms with Crippen LogP contribution in [0.2, 0.25) is 0 Å². The summed E-state index contributed by atoms with van der Waals surface area (Å²) in [5.74, 6) is -0.0232. The number of halogens is 1. The molecule has 2 nitrogen and oxygen atoms in total. The molecule has 1 saturated carbocycles. The summed E-state index contributed by atoms with van der Waals surface area (Å²) in [6.07, 6.45) is 2.12. The normalized spacial score (nSPS) is 18.3. The highest BCUT2D eigenvalue weighted by Gasteiger charge is 2.53. The highest BCUT2D eigenvalue weighted by molar-refractivity contribution is 5.41. The van der Waals surface area contributed by atoms with E-state index in [0.717, 1.165) is 18.4 Å². The van der Waals surface area contributed by atoms with Crippen molar-refractivity contribution in [2.75, 3.05) is 7.11 Å². The zero-order chi connectivity index (χ0) is 12.0. The van der Waals surface area contributed by atoms with E-state index in [1.807, 2.05) is 19.9 Å². The molecule has 3 heteroatoms. The van der Waals surface area contributed by atoms with Crippen LogP contribution in [-0.2, 0) is 5.41 Å². The van der Waals surface area contributed by atoms with Crippen LogP contribution >= 0.6 is 0 Å². The summed E-state index contributed by atoms with van der Waals surface area (Å²) in [7, 11) is 1.48. The summed E-state index contributed by atoms with van der Waals surface area (Å²) in [6.45, 7) is 4.05. The smallest absolute Gasteiger partial charge is 0.165 e. The van der Waals surface area contributed by atoms with Crippen LogP contribution < -0.4 is 10.5 Å². The quantitative estimate of drug-likeness (QED) is 0.854. The Morgan fingerprint density at radius 2 is 2.00 bits per heavy atom. The molecule has 16 heavy (non-hydrogen) atoms. The van der Waals surface area contributed by atoms with Gasteiger partial charge in [0.15, 0.2) is 11.6 Å². The Hall–Kier alpha value is -1.09. The zero-order valence-corrected chi connectivity index (χ0v) is 10.0. The van der Waals surface area contributed by atoms with Gasteiger partial charge in [0, 0.05) is 11.0 Å². The molecule has 1 fully saturated rings. The van der Waals surface area contributed by atoms with Gasteiger partial charge in [0.05, 0.1) is 7.11 Å². The van der Waals surface area contributed by atoms with E-state index in [2.05, 4.69) is 0 Å². The van der Waals surface area contributed by atoms with E-state index >= 15 is 0 Å². The predicted octanol–water partition coefficient (Wildman–Crippen LogP) is 2.60. The fraction of sp³-hybridized carbons (Fsp3) is 0.538. The topological polar surface area (TPSA) is 35.2 Å². The largest absolute Gasteiger partial charge is 0.494 e. The van der Waals surface area contributed by atoms with Crippen LogP contribution in [0.4, 0.5) is 4.39 Å². The molecule has 0 aromatic heterocycles. The highest BCUT2D eigenvalue weighted by Crippen LogP contribution is 2.55. The van der Waals surface area contributed by atoms with E-state index in [1.165, 1.54) is 13.2 Å². The van der Waals surface area contributed by atoms with E-state index in [1.54, 1.807) is 6.07 Å². The monoisotopic (exact) mass is 223 g/mol. The Morgan fingerprint density at radius 3 is 2.44 bits per heavy atom. The molecule has 1 aromatic carbocycles. The summed E-state index contributed by atoms with van der Waals surface area (Å²) < 4.78 is 18.3. The molecule has 0 spiro atoms. The molecule has 2 rings (SSSR count). The number of hydrogen-bond acceptors (Lipinski definition) is 2. The van der Waals surface area contributed by atoms with Crippen molar-refractivity contribution in [2.24, 2.45) is 5.73 Å². The molecule has 0 heterocycles. The third-order valence-electron chi connectivity index (χ3n) is 3.69. The van der Waals surface area contributed by atoms with Crippen LogP contribution in [0.3, 0.4) is 0 Å². The Balaban J connectivity index is 2.42. The minimum atomic E-state index is -0.322. The highest BCUT2D eigenvalue weighted by atomic mass is 19.1. The average Bonchev–Trinajstić information content (AvgIpc) is 2.98. The lowest BCUT2D eigenvalue weighted by molar-refractivity contribution is 0.373. The van der Waals surface area contributed by atoms with Gasteiger partial charge in [0.2, 0.25) is 0 Å². The number of hydrogen-bond donors (Lipinski definition) is 1. The van der Waals surface area contributed by atoms with Crippen LogP contribution in [-0.4, -0.2) is 12.6 Å². The van der Waals surface area contributed by atoms with Crippen LogP contribution in [0.1, 0.15) is 32.3 Å². The molecule has 0 bridgehead atoms. The van der Waals surface area contributed by atoms with E-state index in [9.17, 15) is 4.39 Å². The first-order valence-electron chi connectivity index (χ1n) is 5.54. The molecule has 0 aliphatic heterocycles. The second-order valence-electron chi connectivity index (χ2n) is 5.15. The van der Waals surface area contributed by atoms with Crippen molar-refractivity contribution in [2.45, 2.75) is 37.6 Å². The van der Waals surface area contributed by atoms with Crippen molar-refractivity contribution in [3.63, 3.8) is 0 Å². The molecule has 1 aromatic rings. The summed E-state index contributed by atoms with van der Waals surface area (Å²) >= 11 is 0. The molecule has 1 aliphatic carbocycles. The standard InChI is InChI=1S/C13H18FNO/c1-12(2,15)13(6-7-13)9-4-5-10(14)11(8-9)16-3/h4-5,8H,6-7,15H2,1-3H3. The van der Waals surface area contributed by atoms with Gasteiger partial charge in [-0.05, 0) is 44.4 Å². The second-order valence-corrected chi connectivity index (χ2v) is 5.15. The first kappa shape index (κ1) is 11.4. The molecule has 88 valence electrons. The maximum Gasteiger partial charge on any atom is 0.165 e. The van der Waals surface area contributed by atoms with Crippen molar-refractivity contribution >= 4 is 0 Å². The van der Waals surface area contributed by atoms with Crippen LogP contribution in [0, 0.1) is 5.82 Å². The Kier molecular flexibility index (Phi) is 2.46. The lowest BCUT2D eigenvalue weighted by atomic mass is 9.79. The second kappa shape index (κ2) is 3.45. The molecular formula is C13H18FNO. The van der Waals surface area contributed by atoms with Crippen molar-refractivity contribution < 1.29 is 9.13 Å². The van der Waals surface area contributed by atoms with E-state index in [4.69, 9.17) is 10.5 Å². The SMILES string of the molecule is COc1cc(C2(C(C)(C)N)CC2)ccc1F. The lowest BCUT2D eigenvalue weighted by Crippen LogP contribution is -2.45. The van der Waals surface area contributed by atoms with Gasteiger partial charge in [-0.15, -0.1) is 0 Å². The van der Waals surface area contributed by atoms with Crippen LogP contribution in [0.25, 0.3) is 0 Å². The molecular weight excluding hydrogens is 205 g/mol. The number of nitrogens with two attached hydrogens (primary N) is 1. The van der Waals surface area contributed by atoms with Gasteiger partial charge in [-0.2, -0.15) is 0 Å². The van der Waals surface area contributed by atoms with E-state index in [-0.39, 0.29) is 16.8 Å². The molecule has 0 radical (unpaired) electrons. The van der Waals surface area contributed by atoms with Crippen molar-refractivity contribution in [1.82, 2.24) is 0 Å². The summed E-state index contributed by atoms with van der Waals surface area (Å²) in [5, 5.41) is 0. The average molecular weight is 223 g/mol. The molecule has 0 unspecified atom stereocenters. The zero-order valence-electron chi connectivity index (χ0n) is 10.0. The number of methoxy groups -OCH3 is 1. The maximum atomic E-state index is 13.3. The van der Waals surface area contributed by atoms with Crippen molar-refractivity contribution in [1.29, 1.82) is 0 Å². The van der Waals surface area contributed by atoms with Crippen molar-refractivity contribution in [3.05, 3.63) is 29.6 Å². The Morgan fingerprint density at radius 1 is 1.38 bits per heavy atom. The lowest BCUT2D eigenvalue weighted by Gasteiger charge is -2.31. The van der Waals surface area contributed by atoms with Gasteiger partial charge in [-0.25, -0.2) is 4.39 Å². The van der Waals surface area contributed by atoms with E-state index in [0.29, 0.717) is 5.75 Å². The Bertz CT molecular complexity index is 405. The third-order valence-corrected chi connectivity index (χ3v) is 3.69. The fourth-order valence-corrected chi connectivity index (χ4v) is 2.39. The van der Waals surface area contributed by atoms with Crippen molar-refractivity contribution in [3.8, 4) is 5.75 Å². The van der Waals surface area contributed by atoms with Crippen LogP contribution in [0.5, 0.6) is 5.75 Å². The maximum absolute atomic E-state index is 13.3. The van der Waals surface area contributed by atoms with E-state index < -0.39 is 0 Å². The van der Waals surface area contributed by atoms with Gasteiger partial charge in [-0.1, -0.05) is 6.07 Å². The fourth-order valence-electron chi connectivity index (χ4n) is 2.39. The molecule has 0 saturated heterocycles. The van der Waals surface area contributed by atoms with Gasteiger partial charge in [0.25, 0.3) is 0 Å². The first-order chi connectivity index (χ1) is 7.40. The summed E-state index contributed by atoms with van der Waals surface area (Å²) in [6, 6.07) is 5.05. The van der Waals surface area contributed by atoms with Gasteiger partial charge in [-0.3, -0.25) is 0 Å². The van der Waals surface area contributed by atoms with Gasteiger partial charge >= 0.3 is 0 Å². The summed E-state index contributed by atoms with van der Waals surface area (Å²) in [4.78, 5) is 0. The molecule has 1 aliphatic rings. The number of benzene rings is 1. The van der Waals surface area contributed by atoms with Gasteiger partial charge in [0.1, 0.15) is 0 Å². The summed E-state index contributed by atoms with van der Waals surface area (Å²) in [5.41, 5.74) is 7.00. The number of rotatable bonds is 3. The van der Waals surface area contributed by atoms with Crippen LogP contribution in [0.15, 0.2) is 18.2 Å². The third kappa shape index (κ3) is 1.59.